The average Bonchev–Trinajstić information content (AvgIpc) is 2.71. The first kappa shape index (κ1) is 14.4. The van der Waals surface area contributed by atoms with E-state index in [0.717, 1.165) is 23.9 Å². The molecule has 106 valence electrons. The van der Waals surface area contributed by atoms with E-state index in [1.165, 1.54) is 25.7 Å². The minimum absolute atomic E-state index is 0.581. The Labute approximate surface area is 119 Å². The van der Waals surface area contributed by atoms with Crippen LogP contribution in [0.5, 0.6) is 0 Å². The van der Waals surface area contributed by atoms with Gasteiger partial charge in [-0.2, -0.15) is 0 Å². The number of nitrogens with one attached hydrogen (secondary N) is 1. The molecule has 1 aromatic rings. The highest BCUT2D eigenvalue weighted by Crippen LogP contribution is 2.27. The van der Waals surface area contributed by atoms with Crippen LogP contribution in [-0.4, -0.2) is 28.8 Å². The fraction of sp³-hybridized carbons (Fsp3) is 0.692. The van der Waals surface area contributed by atoms with Crippen molar-refractivity contribution < 1.29 is 0 Å². The van der Waals surface area contributed by atoms with Gasteiger partial charge in [0.25, 0.3) is 0 Å². The van der Waals surface area contributed by atoms with Gasteiger partial charge in [0.05, 0.1) is 0 Å². The Balaban J connectivity index is 2.31. The molecule has 1 aliphatic rings. The lowest BCUT2D eigenvalue weighted by atomic mass is 10.1. The quantitative estimate of drug-likeness (QED) is 0.383. The maximum atomic E-state index is 5.50. The van der Waals surface area contributed by atoms with E-state index in [-0.39, 0.29) is 0 Å². The number of anilines is 2. The highest BCUT2D eigenvalue weighted by atomic mass is 32.2. The molecule has 0 saturated carbocycles. The largest absolute Gasteiger partial charge is 0.353 e. The molecule has 5 nitrogen and oxygen atoms in total. The van der Waals surface area contributed by atoms with E-state index in [2.05, 4.69) is 27.2 Å². The Morgan fingerprint density at radius 2 is 2.26 bits per heavy atom. The summed E-state index contributed by atoms with van der Waals surface area (Å²) in [5, 5.41) is 0.768. The van der Waals surface area contributed by atoms with Gasteiger partial charge >= 0.3 is 0 Å². The van der Waals surface area contributed by atoms with Crippen LogP contribution in [0.1, 0.15) is 39.0 Å². The van der Waals surface area contributed by atoms with E-state index < -0.39 is 0 Å². The van der Waals surface area contributed by atoms with Gasteiger partial charge in [-0.1, -0.05) is 31.5 Å². The first-order chi connectivity index (χ1) is 9.28. The monoisotopic (exact) mass is 281 g/mol. The molecule has 1 atom stereocenters. The molecule has 19 heavy (non-hydrogen) atoms. The number of aromatic nitrogens is 2. The molecule has 1 aromatic heterocycles. The molecule has 0 spiro atoms. The second kappa shape index (κ2) is 6.96. The van der Waals surface area contributed by atoms with Crippen molar-refractivity contribution >= 4 is 23.4 Å². The van der Waals surface area contributed by atoms with Gasteiger partial charge in [0.2, 0.25) is 0 Å². The van der Waals surface area contributed by atoms with Crippen LogP contribution in [0.2, 0.25) is 0 Å². The minimum Gasteiger partial charge on any atom is -0.353 e. The molecule has 1 saturated heterocycles. The normalized spacial score (nSPS) is 20.2. The Hall–Kier alpha value is -1.01. The lowest BCUT2D eigenvalue weighted by molar-refractivity contribution is 0.550. The SMILES string of the molecule is CCC1CCCCCN1c1cc(NN)nc(SC)n1. The third-order valence-corrected chi connectivity index (χ3v) is 4.21. The predicted molar refractivity (Wildman–Crippen MR) is 81.5 cm³/mol. The third kappa shape index (κ3) is 3.51. The maximum Gasteiger partial charge on any atom is 0.191 e. The van der Waals surface area contributed by atoms with Crippen molar-refractivity contribution in [2.75, 3.05) is 23.1 Å². The van der Waals surface area contributed by atoms with Gasteiger partial charge in [0.15, 0.2) is 5.16 Å². The number of thioether (sulfide) groups is 1. The first-order valence-electron chi connectivity index (χ1n) is 6.94. The van der Waals surface area contributed by atoms with Gasteiger partial charge in [-0.3, -0.25) is 0 Å². The lowest BCUT2D eigenvalue weighted by Crippen LogP contribution is -2.35. The summed E-state index contributed by atoms with van der Waals surface area (Å²) < 4.78 is 0. The minimum atomic E-state index is 0.581. The second-order valence-electron chi connectivity index (χ2n) is 4.85. The van der Waals surface area contributed by atoms with Gasteiger partial charge in [-0.15, -0.1) is 0 Å². The summed E-state index contributed by atoms with van der Waals surface area (Å²) in [6, 6.07) is 2.53. The summed E-state index contributed by atoms with van der Waals surface area (Å²) in [6.07, 6.45) is 8.26. The van der Waals surface area contributed by atoms with Crippen molar-refractivity contribution in [1.29, 1.82) is 0 Å². The van der Waals surface area contributed by atoms with Crippen LogP contribution in [0.4, 0.5) is 11.6 Å². The fourth-order valence-electron chi connectivity index (χ4n) is 2.63. The number of hydrazine groups is 1. The van der Waals surface area contributed by atoms with E-state index in [1.807, 2.05) is 12.3 Å². The molecule has 1 unspecified atom stereocenters. The van der Waals surface area contributed by atoms with Crippen LogP contribution < -0.4 is 16.2 Å². The third-order valence-electron chi connectivity index (χ3n) is 3.67. The van der Waals surface area contributed by atoms with Gasteiger partial charge in [-0.25, -0.2) is 15.8 Å². The van der Waals surface area contributed by atoms with E-state index >= 15 is 0 Å². The summed E-state index contributed by atoms with van der Waals surface area (Å²) in [5.41, 5.74) is 2.64. The van der Waals surface area contributed by atoms with Crippen molar-refractivity contribution in [3.63, 3.8) is 0 Å². The van der Waals surface area contributed by atoms with Gasteiger partial charge in [-0.05, 0) is 25.5 Å². The topological polar surface area (TPSA) is 67.1 Å². The van der Waals surface area contributed by atoms with Gasteiger partial charge in [0.1, 0.15) is 11.6 Å². The van der Waals surface area contributed by atoms with E-state index in [0.29, 0.717) is 11.9 Å². The van der Waals surface area contributed by atoms with Crippen LogP contribution in [0.3, 0.4) is 0 Å². The van der Waals surface area contributed by atoms with Crippen molar-refractivity contribution in [3.8, 4) is 0 Å². The summed E-state index contributed by atoms with van der Waals surface area (Å²) in [5.74, 6) is 7.19. The molecule has 0 aromatic carbocycles. The number of hydrogen-bond acceptors (Lipinski definition) is 6. The fourth-order valence-corrected chi connectivity index (χ4v) is 3.00. The molecule has 0 radical (unpaired) electrons. The summed E-state index contributed by atoms with van der Waals surface area (Å²) in [4.78, 5) is 11.4. The van der Waals surface area contributed by atoms with E-state index in [4.69, 9.17) is 5.84 Å². The number of hydrogen-bond donors (Lipinski definition) is 2. The Morgan fingerprint density at radius 3 is 2.95 bits per heavy atom. The molecule has 3 N–H and O–H groups in total. The van der Waals surface area contributed by atoms with Gasteiger partial charge < -0.3 is 10.3 Å². The molecule has 6 heteroatoms. The van der Waals surface area contributed by atoms with Gasteiger partial charge in [0, 0.05) is 18.7 Å². The lowest BCUT2D eigenvalue weighted by Gasteiger charge is -2.30. The van der Waals surface area contributed by atoms with Crippen molar-refractivity contribution in [2.24, 2.45) is 5.84 Å². The molecular formula is C13H23N5S. The van der Waals surface area contributed by atoms with Crippen molar-refractivity contribution in [2.45, 2.75) is 50.2 Å². The molecule has 2 rings (SSSR count). The zero-order chi connectivity index (χ0) is 13.7. The molecule has 1 aliphatic heterocycles. The number of rotatable bonds is 4. The van der Waals surface area contributed by atoms with Crippen LogP contribution in [0, 0.1) is 0 Å². The number of nitrogen functional groups attached to an aromatic ring is 1. The zero-order valence-corrected chi connectivity index (χ0v) is 12.5. The van der Waals surface area contributed by atoms with E-state index in [1.54, 1.807) is 11.8 Å². The second-order valence-corrected chi connectivity index (χ2v) is 5.62. The standard InChI is InChI=1S/C13H23N5S/c1-3-10-7-5-4-6-8-18(10)12-9-11(17-14)15-13(16-12)19-2/h9-10H,3-8,14H2,1-2H3,(H,15,16,17). The first-order valence-corrected chi connectivity index (χ1v) is 8.17. The molecule has 1 fully saturated rings. The summed E-state index contributed by atoms with van der Waals surface area (Å²) in [6.45, 7) is 3.33. The van der Waals surface area contributed by atoms with E-state index in [9.17, 15) is 0 Å². The van der Waals surface area contributed by atoms with Crippen molar-refractivity contribution in [3.05, 3.63) is 6.07 Å². The highest BCUT2D eigenvalue weighted by molar-refractivity contribution is 7.98. The zero-order valence-electron chi connectivity index (χ0n) is 11.7. The predicted octanol–water partition coefficient (Wildman–Crippen LogP) is 2.64. The molecule has 0 bridgehead atoms. The Kier molecular flexibility index (Phi) is 5.27. The Morgan fingerprint density at radius 1 is 1.42 bits per heavy atom. The van der Waals surface area contributed by atoms with Crippen LogP contribution in [0.25, 0.3) is 0 Å². The van der Waals surface area contributed by atoms with Crippen LogP contribution in [0.15, 0.2) is 11.2 Å². The smallest absolute Gasteiger partial charge is 0.191 e. The number of nitrogens with zero attached hydrogens (tertiary/aromatic N) is 3. The highest BCUT2D eigenvalue weighted by Gasteiger charge is 2.21. The van der Waals surface area contributed by atoms with Crippen molar-refractivity contribution in [1.82, 2.24) is 9.97 Å². The summed E-state index contributed by atoms with van der Waals surface area (Å²) >= 11 is 1.55. The van der Waals surface area contributed by atoms with Crippen LogP contribution in [-0.2, 0) is 0 Å². The number of nitrogens with two attached hydrogens (primary N) is 1. The van der Waals surface area contributed by atoms with Crippen LogP contribution >= 0.6 is 11.8 Å². The molecule has 2 heterocycles. The molecule has 0 aliphatic carbocycles. The summed E-state index contributed by atoms with van der Waals surface area (Å²) in [7, 11) is 0. The Bertz CT molecular complexity index is 390. The molecule has 0 amide bonds. The average molecular weight is 281 g/mol. The molecular weight excluding hydrogens is 258 g/mol. The maximum absolute atomic E-state index is 5.50.